The van der Waals surface area contributed by atoms with Crippen LogP contribution < -0.4 is 0 Å². The highest BCUT2D eigenvalue weighted by Gasteiger charge is 2.35. The van der Waals surface area contributed by atoms with E-state index in [2.05, 4.69) is 214 Å². The summed E-state index contributed by atoms with van der Waals surface area (Å²) < 4.78 is 6.37. The molecule has 0 saturated carbocycles. The van der Waals surface area contributed by atoms with E-state index in [0.29, 0.717) is 0 Å². The Morgan fingerprint density at radius 3 is 1.50 bits per heavy atom. The average Bonchev–Trinajstić information content (AvgIpc) is 3.83. The lowest BCUT2D eigenvalue weighted by molar-refractivity contribution is 0.660. The van der Waals surface area contributed by atoms with Crippen LogP contribution in [0.5, 0.6) is 0 Å². The van der Waals surface area contributed by atoms with Gasteiger partial charge in [0.05, 0.1) is 0 Å². The summed E-state index contributed by atoms with van der Waals surface area (Å²) >= 11 is 0. The molecule has 298 valence electrons. The molecule has 0 aliphatic heterocycles. The van der Waals surface area contributed by atoms with Crippen molar-refractivity contribution in [2.24, 2.45) is 0 Å². The summed E-state index contributed by atoms with van der Waals surface area (Å²) in [5.74, 6) is 0. The Labute approximate surface area is 370 Å². The number of hydrogen-bond donors (Lipinski definition) is 0. The predicted molar refractivity (Wildman–Crippen MR) is 272 cm³/mol. The van der Waals surface area contributed by atoms with E-state index < -0.39 is 0 Å². The number of benzene rings is 12. The highest BCUT2D eigenvalue weighted by molar-refractivity contribution is 6.27. The molecule has 1 aromatic heterocycles. The van der Waals surface area contributed by atoms with Gasteiger partial charge in [0.2, 0.25) is 0 Å². The molecule has 0 fully saturated rings. The van der Waals surface area contributed by atoms with Gasteiger partial charge in [0.1, 0.15) is 11.2 Å². The largest absolute Gasteiger partial charge is 0.456 e. The average molecular weight is 813 g/mol. The maximum absolute atomic E-state index is 6.37. The number of para-hydroxylation sites is 1. The van der Waals surface area contributed by atoms with Gasteiger partial charge in [0.25, 0.3) is 0 Å². The molecule has 0 spiro atoms. The van der Waals surface area contributed by atoms with Crippen LogP contribution in [0.1, 0.15) is 25.0 Å². The van der Waals surface area contributed by atoms with Crippen molar-refractivity contribution in [2.45, 2.75) is 19.3 Å². The van der Waals surface area contributed by atoms with Gasteiger partial charge in [0, 0.05) is 16.2 Å². The van der Waals surface area contributed by atoms with Crippen LogP contribution in [0.2, 0.25) is 0 Å². The van der Waals surface area contributed by atoms with E-state index in [4.69, 9.17) is 4.42 Å². The number of fused-ring (bicyclic) bond motifs is 8. The zero-order valence-corrected chi connectivity index (χ0v) is 35.5. The maximum atomic E-state index is 6.37. The molecule has 14 rings (SSSR count). The fourth-order valence-corrected chi connectivity index (χ4v) is 11.7. The second-order valence-corrected chi connectivity index (χ2v) is 18.3. The first-order chi connectivity index (χ1) is 31.5. The van der Waals surface area contributed by atoms with Crippen LogP contribution in [0.4, 0.5) is 0 Å². The van der Waals surface area contributed by atoms with Gasteiger partial charge in [-0.25, -0.2) is 0 Å². The Bertz CT molecular complexity index is 3980. The zero-order chi connectivity index (χ0) is 42.3. The fourth-order valence-electron chi connectivity index (χ4n) is 11.7. The van der Waals surface area contributed by atoms with Crippen LogP contribution in [0.3, 0.4) is 0 Å². The summed E-state index contributed by atoms with van der Waals surface area (Å²) in [6, 6.07) is 77.1. The van der Waals surface area contributed by atoms with Gasteiger partial charge in [-0.05, 0) is 157 Å². The molecule has 0 saturated heterocycles. The Morgan fingerprint density at radius 2 is 0.797 bits per heavy atom. The van der Waals surface area contributed by atoms with Crippen molar-refractivity contribution < 1.29 is 4.42 Å². The first-order valence-corrected chi connectivity index (χ1v) is 22.4. The van der Waals surface area contributed by atoms with Crippen molar-refractivity contribution in [1.82, 2.24) is 0 Å². The molecule has 0 radical (unpaired) electrons. The summed E-state index contributed by atoms with van der Waals surface area (Å²) in [6.07, 6.45) is 0. The van der Waals surface area contributed by atoms with Gasteiger partial charge in [-0.2, -0.15) is 0 Å². The lowest BCUT2D eigenvalue weighted by Crippen LogP contribution is -2.14. The van der Waals surface area contributed by atoms with Crippen LogP contribution in [0, 0.1) is 0 Å². The Kier molecular flexibility index (Phi) is 7.24. The van der Waals surface area contributed by atoms with Crippen LogP contribution in [-0.4, -0.2) is 0 Å². The molecule has 1 nitrogen and oxygen atoms in total. The van der Waals surface area contributed by atoms with E-state index in [1.807, 2.05) is 6.07 Å². The van der Waals surface area contributed by atoms with Gasteiger partial charge < -0.3 is 4.42 Å². The normalized spacial score (nSPS) is 13.3. The van der Waals surface area contributed by atoms with Gasteiger partial charge >= 0.3 is 0 Å². The molecule has 0 atom stereocenters. The van der Waals surface area contributed by atoms with Crippen LogP contribution >= 0.6 is 0 Å². The summed E-state index contributed by atoms with van der Waals surface area (Å²) in [5.41, 5.74) is 16.9. The smallest absolute Gasteiger partial charge is 0.135 e. The topological polar surface area (TPSA) is 13.1 Å². The SMILES string of the molecule is CC1(C)c2ccccc2-c2cc(-c3cccc(-c4ccc5oc6ccccc6c5c4)c3-c3c4ccccc4c(-c4cc5ccc6cccc7ccc(c4)c5c67)c4ccccc34)ccc21. The Morgan fingerprint density at radius 1 is 0.297 bits per heavy atom. The molecular weight excluding hydrogens is 773 g/mol. The minimum absolute atomic E-state index is 0.0768. The molecule has 0 bridgehead atoms. The third-order valence-electron chi connectivity index (χ3n) is 14.6. The minimum atomic E-state index is -0.0768. The monoisotopic (exact) mass is 812 g/mol. The first kappa shape index (κ1) is 35.6. The van der Waals surface area contributed by atoms with Crippen molar-refractivity contribution in [3.05, 3.63) is 217 Å². The molecule has 1 heterocycles. The maximum Gasteiger partial charge on any atom is 0.135 e. The summed E-state index contributed by atoms with van der Waals surface area (Å²) in [6.45, 7) is 4.72. The van der Waals surface area contributed by atoms with Gasteiger partial charge in [-0.3, -0.25) is 0 Å². The fraction of sp³-hybridized carbons (Fsp3) is 0.0476. The molecule has 0 unspecified atom stereocenters. The van der Waals surface area contributed by atoms with E-state index in [0.717, 1.165) is 27.5 Å². The lowest BCUT2D eigenvalue weighted by Gasteiger charge is -2.23. The van der Waals surface area contributed by atoms with Crippen molar-refractivity contribution >= 4 is 75.8 Å². The Hall–Kier alpha value is -8.00. The first-order valence-electron chi connectivity index (χ1n) is 22.4. The van der Waals surface area contributed by atoms with E-state index in [9.17, 15) is 0 Å². The van der Waals surface area contributed by atoms with E-state index >= 15 is 0 Å². The zero-order valence-electron chi connectivity index (χ0n) is 35.5. The van der Waals surface area contributed by atoms with Gasteiger partial charge in [-0.15, -0.1) is 0 Å². The van der Waals surface area contributed by atoms with Crippen molar-refractivity contribution in [3.8, 4) is 55.6 Å². The number of rotatable bonds is 4. The summed E-state index contributed by atoms with van der Waals surface area (Å²) in [5, 5.41) is 15.0. The van der Waals surface area contributed by atoms with Crippen LogP contribution in [0.15, 0.2) is 211 Å². The van der Waals surface area contributed by atoms with E-state index in [-0.39, 0.29) is 5.41 Å². The standard InChI is InChI=1S/C63H40O/c1-63(2)54-23-9-7-15-46(54)52-35-39(29-31-55(52)63)44-21-12-22-45(40-30-32-57-53(36-40)47-16-8-10-24-56(47)64-57)61(44)62-50-19-5-3-17-48(50)60(49-18-4-6-20-51(49)62)43-33-41-27-25-37-13-11-14-38-26-28-42(34-43)59(41)58(37)38/h3-36H,1-2H3. The third kappa shape index (κ3) is 4.90. The molecular formula is C63H40O. The number of furan rings is 1. The highest BCUT2D eigenvalue weighted by atomic mass is 16.3. The minimum Gasteiger partial charge on any atom is -0.456 e. The van der Waals surface area contributed by atoms with Gasteiger partial charge in [0.15, 0.2) is 0 Å². The van der Waals surface area contributed by atoms with Crippen molar-refractivity contribution in [2.75, 3.05) is 0 Å². The molecule has 0 N–H and O–H groups in total. The molecule has 64 heavy (non-hydrogen) atoms. The van der Waals surface area contributed by atoms with Crippen LogP contribution in [-0.2, 0) is 5.41 Å². The molecule has 12 aromatic carbocycles. The molecule has 13 aromatic rings. The number of hydrogen-bond acceptors (Lipinski definition) is 1. The summed E-state index contributed by atoms with van der Waals surface area (Å²) in [7, 11) is 0. The second kappa shape index (κ2) is 13.0. The van der Waals surface area contributed by atoms with E-state index in [1.54, 1.807) is 0 Å². The summed E-state index contributed by atoms with van der Waals surface area (Å²) in [4.78, 5) is 0. The van der Waals surface area contributed by atoms with Crippen LogP contribution in [0.25, 0.3) is 131 Å². The lowest BCUT2D eigenvalue weighted by atomic mass is 9.79. The van der Waals surface area contributed by atoms with Crippen molar-refractivity contribution in [3.63, 3.8) is 0 Å². The predicted octanol–water partition coefficient (Wildman–Crippen LogP) is 17.8. The highest BCUT2D eigenvalue weighted by Crippen LogP contribution is 2.53. The van der Waals surface area contributed by atoms with Crippen molar-refractivity contribution in [1.29, 1.82) is 0 Å². The van der Waals surface area contributed by atoms with E-state index in [1.165, 1.54) is 115 Å². The molecule has 1 aliphatic carbocycles. The van der Waals surface area contributed by atoms with Gasteiger partial charge in [-0.1, -0.05) is 184 Å². The quantitative estimate of drug-likeness (QED) is 0.127. The molecule has 1 heteroatoms. The third-order valence-corrected chi connectivity index (χ3v) is 14.6. The molecule has 1 aliphatic rings. The Balaban J connectivity index is 1.09. The second-order valence-electron chi connectivity index (χ2n) is 18.3. The molecule has 0 amide bonds.